The lowest BCUT2D eigenvalue weighted by atomic mass is 10.2. The molecule has 0 radical (unpaired) electrons. The van der Waals surface area contributed by atoms with E-state index in [0.717, 1.165) is 14.5 Å². The Morgan fingerprint density at radius 2 is 1.73 bits per heavy atom. The third-order valence-corrected chi connectivity index (χ3v) is 3.81. The number of esters is 1. The van der Waals surface area contributed by atoms with Crippen molar-refractivity contribution in [3.63, 3.8) is 0 Å². The minimum absolute atomic E-state index is 0.303. The molecule has 0 aromatic heterocycles. The minimum atomic E-state index is -0.523. The quantitative estimate of drug-likeness (QED) is 0.742. The molecule has 0 saturated heterocycles. The molecule has 0 heterocycles. The van der Waals surface area contributed by atoms with E-state index in [-0.39, 0.29) is 12.5 Å². The Labute approximate surface area is 145 Å². The van der Waals surface area contributed by atoms with E-state index in [0.29, 0.717) is 12.1 Å². The number of benzene rings is 2. The zero-order chi connectivity index (χ0) is 15.9. The molecule has 0 unspecified atom stereocenters. The number of halogens is 2. The molecule has 2 aromatic carbocycles. The molecule has 2 rings (SSSR count). The van der Waals surface area contributed by atoms with Crippen LogP contribution in [0.2, 0.25) is 0 Å². The van der Waals surface area contributed by atoms with Gasteiger partial charge >= 0.3 is 5.97 Å². The van der Waals surface area contributed by atoms with Gasteiger partial charge in [-0.05, 0) is 42.0 Å². The van der Waals surface area contributed by atoms with Crippen LogP contribution in [0.25, 0.3) is 0 Å². The first-order valence-electron chi connectivity index (χ1n) is 6.48. The molecular weight excluding hydrogens is 414 g/mol. The first-order chi connectivity index (χ1) is 10.5. The summed E-state index contributed by atoms with van der Waals surface area (Å²) in [5.74, 6) is -0.865. The number of carbonyl (C=O) groups excluding carboxylic acids is 2. The third kappa shape index (κ3) is 5.27. The second kappa shape index (κ2) is 8.10. The molecule has 0 saturated carbocycles. The predicted octanol–water partition coefficient (Wildman–Crippen LogP) is 3.68. The fraction of sp³-hybridized carbons (Fsp3) is 0.125. The average Bonchev–Trinajstić information content (AvgIpc) is 2.51. The van der Waals surface area contributed by atoms with Crippen LogP contribution in [0, 0.1) is 0 Å². The lowest BCUT2D eigenvalue weighted by molar-refractivity contribution is -0.124. The van der Waals surface area contributed by atoms with Gasteiger partial charge < -0.3 is 10.1 Å². The molecule has 1 amide bonds. The van der Waals surface area contributed by atoms with Gasteiger partial charge in [-0.1, -0.05) is 44.0 Å². The fourth-order valence-electron chi connectivity index (χ4n) is 1.70. The van der Waals surface area contributed by atoms with E-state index in [1.54, 1.807) is 24.3 Å². The first kappa shape index (κ1) is 16.7. The van der Waals surface area contributed by atoms with Gasteiger partial charge in [0.1, 0.15) is 0 Å². The van der Waals surface area contributed by atoms with Gasteiger partial charge in [0.15, 0.2) is 6.61 Å². The van der Waals surface area contributed by atoms with Gasteiger partial charge in [-0.25, -0.2) is 4.79 Å². The molecular formula is C16H13Br2NO3. The molecule has 6 heteroatoms. The van der Waals surface area contributed by atoms with Gasteiger partial charge in [-0.2, -0.15) is 0 Å². The summed E-state index contributed by atoms with van der Waals surface area (Å²) in [7, 11) is 0. The standard InChI is InChI=1S/C16H13Br2NO3/c17-13-6-4-12(5-7-13)16(21)22-10-15(20)19-9-11-2-1-3-14(18)8-11/h1-8H,9-10H2,(H,19,20). The lowest BCUT2D eigenvalue weighted by Gasteiger charge is -2.07. The molecule has 22 heavy (non-hydrogen) atoms. The molecule has 2 aromatic rings. The highest BCUT2D eigenvalue weighted by Crippen LogP contribution is 2.12. The SMILES string of the molecule is O=C(COC(=O)c1ccc(Br)cc1)NCc1cccc(Br)c1. The second-order valence-corrected chi connectivity index (χ2v) is 6.32. The van der Waals surface area contributed by atoms with E-state index in [1.165, 1.54) is 0 Å². The minimum Gasteiger partial charge on any atom is -0.452 e. The molecule has 0 aliphatic rings. The van der Waals surface area contributed by atoms with Crippen molar-refractivity contribution in [2.24, 2.45) is 0 Å². The van der Waals surface area contributed by atoms with Gasteiger partial charge in [0.05, 0.1) is 5.56 Å². The Hall–Kier alpha value is -1.66. The summed E-state index contributed by atoms with van der Waals surface area (Å²) >= 11 is 6.65. The van der Waals surface area contributed by atoms with Crippen LogP contribution in [-0.2, 0) is 16.1 Å². The van der Waals surface area contributed by atoms with Gasteiger partial charge in [-0.15, -0.1) is 0 Å². The van der Waals surface area contributed by atoms with Gasteiger partial charge in [-0.3, -0.25) is 4.79 Å². The van der Waals surface area contributed by atoms with Crippen LogP contribution in [0.1, 0.15) is 15.9 Å². The summed E-state index contributed by atoms with van der Waals surface area (Å²) in [6, 6.07) is 14.4. The fourth-order valence-corrected chi connectivity index (χ4v) is 2.41. The zero-order valence-electron chi connectivity index (χ0n) is 11.5. The highest BCUT2D eigenvalue weighted by Gasteiger charge is 2.09. The number of amides is 1. The van der Waals surface area contributed by atoms with Crippen LogP contribution in [0.15, 0.2) is 57.5 Å². The Morgan fingerprint density at radius 3 is 2.41 bits per heavy atom. The molecule has 114 valence electrons. The topological polar surface area (TPSA) is 55.4 Å². The van der Waals surface area contributed by atoms with Crippen molar-refractivity contribution in [2.75, 3.05) is 6.61 Å². The van der Waals surface area contributed by atoms with E-state index in [2.05, 4.69) is 37.2 Å². The molecule has 0 bridgehead atoms. The van der Waals surface area contributed by atoms with Crippen molar-refractivity contribution < 1.29 is 14.3 Å². The lowest BCUT2D eigenvalue weighted by Crippen LogP contribution is -2.28. The van der Waals surface area contributed by atoms with Gasteiger partial charge in [0.2, 0.25) is 0 Å². The number of rotatable bonds is 5. The third-order valence-electron chi connectivity index (χ3n) is 2.79. The summed E-state index contributed by atoms with van der Waals surface area (Å²) in [5, 5.41) is 2.70. The monoisotopic (exact) mass is 425 g/mol. The summed E-state index contributed by atoms with van der Waals surface area (Å²) in [4.78, 5) is 23.4. The Balaban J connectivity index is 1.78. The summed E-state index contributed by atoms with van der Waals surface area (Å²) in [6.45, 7) is 0.0804. The second-order valence-electron chi connectivity index (χ2n) is 4.49. The summed E-state index contributed by atoms with van der Waals surface area (Å²) in [6.07, 6.45) is 0. The van der Waals surface area contributed by atoms with Crippen molar-refractivity contribution in [1.29, 1.82) is 0 Å². The van der Waals surface area contributed by atoms with Gasteiger partial charge in [0.25, 0.3) is 5.91 Å². The van der Waals surface area contributed by atoms with Gasteiger partial charge in [0, 0.05) is 15.5 Å². The van der Waals surface area contributed by atoms with E-state index >= 15 is 0 Å². The van der Waals surface area contributed by atoms with E-state index in [4.69, 9.17) is 4.74 Å². The van der Waals surface area contributed by atoms with Crippen LogP contribution in [-0.4, -0.2) is 18.5 Å². The maximum absolute atomic E-state index is 11.8. The van der Waals surface area contributed by atoms with Crippen molar-refractivity contribution in [1.82, 2.24) is 5.32 Å². The van der Waals surface area contributed by atoms with Crippen molar-refractivity contribution >= 4 is 43.7 Å². The number of nitrogens with one attached hydrogen (secondary N) is 1. The van der Waals surface area contributed by atoms with E-state index < -0.39 is 5.97 Å². The smallest absolute Gasteiger partial charge is 0.338 e. The summed E-state index contributed by atoms with van der Waals surface area (Å²) in [5.41, 5.74) is 1.37. The molecule has 0 fully saturated rings. The van der Waals surface area contributed by atoms with Crippen molar-refractivity contribution in [3.8, 4) is 0 Å². The Kier molecular flexibility index (Phi) is 6.15. The Morgan fingerprint density at radius 1 is 1.00 bits per heavy atom. The van der Waals surface area contributed by atoms with E-state index in [9.17, 15) is 9.59 Å². The first-order valence-corrected chi connectivity index (χ1v) is 8.07. The highest BCUT2D eigenvalue weighted by atomic mass is 79.9. The Bertz CT molecular complexity index is 671. The van der Waals surface area contributed by atoms with Crippen LogP contribution in [0.3, 0.4) is 0 Å². The number of hydrogen-bond acceptors (Lipinski definition) is 3. The number of ether oxygens (including phenoxy) is 1. The molecule has 0 aliphatic heterocycles. The molecule has 0 aliphatic carbocycles. The zero-order valence-corrected chi connectivity index (χ0v) is 14.7. The maximum atomic E-state index is 11.8. The average molecular weight is 427 g/mol. The van der Waals surface area contributed by atoms with Crippen LogP contribution >= 0.6 is 31.9 Å². The molecule has 0 spiro atoms. The predicted molar refractivity (Wildman–Crippen MR) is 90.4 cm³/mol. The number of carbonyl (C=O) groups is 2. The highest BCUT2D eigenvalue weighted by molar-refractivity contribution is 9.10. The molecule has 0 atom stereocenters. The summed E-state index contributed by atoms with van der Waals surface area (Å²) < 4.78 is 6.78. The molecule has 1 N–H and O–H groups in total. The van der Waals surface area contributed by atoms with Crippen molar-refractivity contribution in [2.45, 2.75) is 6.54 Å². The number of hydrogen-bond donors (Lipinski definition) is 1. The van der Waals surface area contributed by atoms with Crippen LogP contribution in [0.5, 0.6) is 0 Å². The van der Waals surface area contributed by atoms with Crippen LogP contribution < -0.4 is 5.32 Å². The molecule has 4 nitrogen and oxygen atoms in total. The largest absolute Gasteiger partial charge is 0.452 e. The normalized spacial score (nSPS) is 10.1. The maximum Gasteiger partial charge on any atom is 0.338 e. The van der Waals surface area contributed by atoms with Crippen LogP contribution in [0.4, 0.5) is 0 Å². The van der Waals surface area contributed by atoms with Crippen molar-refractivity contribution in [3.05, 3.63) is 68.6 Å². The van der Waals surface area contributed by atoms with E-state index in [1.807, 2.05) is 24.3 Å².